The minimum atomic E-state index is -0.348. The lowest BCUT2D eigenvalue weighted by molar-refractivity contribution is 0.122. The third kappa shape index (κ3) is 1.89. The monoisotopic (exact) mass is 267 g/mol. The van der Waals surface area contributed by atoms with E-state index in [2.05, 4.69) is 9.97 Å². The quantitative estimate of drug-likeness (QED) is 0.743. The van der Waals surface area contributed by atoms with Gasteiger partial charge in [-0.2, -0.15) is 0 Å². The van der Waals surface area contributed by atoms with Gasteiger partial charge in [0.05, 0.1) is 18.9 Å². The SMILES string of the molecule is Fc1c(N2CCOCC2)ccc2c(Cl)ncnc12. The van der Waals surface area contributed by atoms with Gasteiger partial charge < -0.3 is 9.64 Å². The van der Waals surface area contributed by atoms with Crippen molar-refractivity contribution in [2.24, 2.45) is 0 Å². The number of hydrogen-bond donors (Lipinski definition) is 0. The van der Waals surface area contributed by atoms with E-state index in [9.17, 15) is 4.39 Å². The predicted octanol–water partition coefficient (Wildman–Crippen LogP) is 2.26. The average Bonchev–Trinajstić information content (AvgIpc) is 2.41. The highest BCUT2D eigenvalue weighted by Gasteiger charge is 2.18. The van der Waals surface area contributed by atoms with E-state index < -0.39 is 0 Å². The van der Waals surface area contributed by atoms with Gasteiger partial charge in [-0.1, -0.05) is 11.6 Å². The zero-order valence-corrected chi connectivity index (χ0v) is 10.3. The molecule has 1 fully saturated rings. The molecule has 3 rings (SSSR count). The van der Waals surface area contributed by atoms with E-state index in [1.807, 2.05) is 4.90 Å². The Morgan fingerprint density at radius 1 is 1.22 bits per heavy atom. The van der Waals surface area contributed by atoms with Crippen LogP contribution in [0.3, 0.4) is 0 Å². The van der Waals surface area contributed by atoms with Crippen LogP contribution in [0.2, 0.25) is 5.15 Å². The molecule has 0 bridgehead atoms. The van der Waals surface area contributed by atoms with Crippen LogP contribution in [-0.2, 0) is 4.74 Å². The summed E-state index contributed by atoms with van der Waals surface area (Å²) in [4.78, 5) is 9.77. The van der Waals surface area contributed by atoms with E-state index in [-0.39, 0.29) is 16.5 Å². The van der Waals surface area contributed by atoms with Crippen molar-refractivity contribution in [2.75, 3.05) is 31.2 Å². The molecule has 0 unspecified atom stereocenters. The summed E-state index contributed by atoms with van der Waals surface area (Å²) < 4.78 is 19.7. The number of halogens is 2. The van der Waals surface area contributed by atoms with Gasteiger partial charge in [0.1, 0.15) is 17.0 Å². The van der Waals surface area contributed by atoms with Crippen molar-refractivity contribution in [1.29, 1.82) is 0 Å². The van der Waals surface area contributed by atoms with Crippen LogP contribution in [0, 0.1) is 5.82 Å². The number of morpholine rings is 1. The summed E-state index contributed by atoms with van der Waals surface area (Å²) >= 11 is 5.92. The molecule has 1 aliphatic heterocycles. The van der Waals surface area contributed by atoms with Gasteiger partial charge in [0, 0.05) is 18.5 Å². The second kappa shape index (κ2) is 4.66. The molecule has 0 spiro atoms. The Bertz CT molecular complexity index is 587. The van der Waals surface area contributed by atoms with Crippen molar-refractivity contribution < 1.29 is 9.13 Å². The van der Waals surface area contributed by atoms with Crippen LogP contribution >= 0.6 is 11.6 Å². The molecule has 6 heteroatoms. The largest absolute Gasteiger partial charge is 0.378 e. The Labute approximate surface area is 108 Å². The van der Waals surface area contributed by atoms with Crippen LogP contribution in [0.4, 0.5) is 10.1 Å². The number of fused-ring (bicyclic) bond motifs is 1. The van der Waals surface area contributed by atoms with Gasteiger partial charge in [0.15, 0.2) is 5.82 Å². The molecular weight excluding hydrogens is 257 g/mol. The van der Waals surface area contributed by atoms with Crippen LogP contribution in [0.25, 0.3) is 10.9 Å². The lowest BCUT2D eigenvalue weighted by atomic mass is 10.2. The molecule has 94 valence electrons. The van der Waals surface area contributed by atoms with Gasteiger partial charge >= 0.3 is 0 Å². The molecule has 1 aliphatic rings. The molecule has 2 aromatic rings. The summed E-state index contributed by atoms with van der Waals surface area (Å²) in [6.45, 7) is 2.59. The van der Waals surface area contributed by atoms with E-state index in [1.165, 1.54) is 6.33 Å². The predicted molar refractivity (Wildman–Crippen MR) is 67.5 cm³/mol. The smallest absolute Gasteiger partial charge is 0.172 e. The lowest BCUT2D eigenvalue weighted by Gasteiger charge is -2.29. The first-order valence-electron chi connectivity index (χ1n) is 5.69. The van der Waals surface area contributed by atoms with Crippen molar-refractivity contribution in [1.82, 2.24) is 9.97 Å². The standard InChI is InChI=1S/C12H11ClFN3O/c13-12-8-1-2-9(17-3-5-18-6-4-17)10(14)11(8)15-7-16-12/h1-2,7H,3-6H2. The minimum absolute atomic E-state index is 0.263. The van der Waals surface area contributed by atoms with Crippen LogP contribution in [0.15, 0.2) is 18.5 Å². The Hall–Kier alpha value is -1.46. The fraction of sp³-hybridized carbons (Fsp3) is 0.333. The summed E-state index contributed by atoms with van der Waals surface area (Å²) in [5, 5.41) is 0.807. The first-order chi connectivity index (χ1) is 8.77. The highest BCUT2D eigenvalue weighted by molar-refractivity contribution is 6.34. The molecule has 0 amide bonds. The maximum Gasteiger partial charge on any atom is 0.172 e. The van der Waals surface area contributed by atoms with E-state index in [1.54, 1.807) is 12.1 Å². The van der Waals surface area contributed by atoms with E-state index in [0.29, 0.717) is 37.4 Å². The van der Waals surface area contributed by atoms with Crippen LogP contribution in [0.5, 0.6) is 0 Å². The Morgan fingerprint density at radius 3 is 2.78 bits per heavy atom. The Balaban J connectivity index is 2.11. The van der Waals surface area contributed by atoms with E-state index in [4.69, 9.17) is 16.3 Å². The normalized spacial score (nSPS) is 16.2. The van der Waals surface area contributed by atoms with Gasteiger partial charge in [-0.3, -0.25) is 0 Å². The second-order valence-electron chi connectivity index (χ2n) is 4.06. The third-order valence-electron chi connectivity index (χ3n) is 3.03. The molecule has 1 saturated heterocycles. The minimum Gasteiger partial charge on any atom is -0.378 e. The number of ether oxygens (including phenoxy) is 1. The number of hydrogen-bond acceptors (Lipinski definition) is 4. The van der Waals surface area contributed by atoms with Gasteiger partial charge in [-0.15, -0.1) is 0 Å². The topological polar surface area (TPSA) is 38.2 Å². The highest BCUT2D eigenvalue weighted by Crippen LogP contribution is 2.29. The van der Waals surface area contributed by atoms with Crippen molar-refractivity contribution in [3.63, 3.8) is 0 Å². The van der Waals surface area contributed by atoms with Gasteiger partial charge in [-0.05, 0) is 12.1 Å². The molecule has 1 aromatic heterocycles. The maximum absolute atomic E-state index is 14.4. The molecule has 0 N–H and O–H groups in total. The first-order valence-corrected chi connectivity index (χ1v) is 6.06. The van der Waals surface area contributed by atoms with Gasteiger partial charge in [0.2, 0.25) is 0 Å². The third-order valence-corrected chi connectivity index (χ3v) is 3.33. The summed E-state index contributed by atoms with van der Waals surface area (Å²) in [7, 11) is 0. The molecule has 0 atom stereocenters. The molecule has 1 aromatic carbocycles. The number of aromatic nitrogens is 2. The van der Waals surface area contributed by atoms with Crippen molar-refractivity contribution >= 4 is 28.2 Å². The molecule has 0 radical (unpaired) electrons. The van der Waals surface area contributed by atoms with Crippen LogP contribution in [0.1, 0.15) is 0 Å². The van der Waals surface area contributed by atoms with Gasteiger partial charge in [-0.25, -0.2) is 14.4 Å². The summed E-state index contributed by atoms with van der Waals surface area (Å²) in [6, 6.07) is 3.48. The molecule has 18 heavy (non-hydrogen) atoms. The Kier molecular flexibility index (Phi) is 3.01. The van der Waals surface area contributed by atoms with E-state index in [0.717, 1.165) is 0 Å². The fourth-order valence-electron chi connectivity index (χ4n) is 2.10. The molecule has 2 heterocycles. The molecular formula is C12H11ClFN3O. The lowest BCUT2D eigenvalue weighted by Crippen LogP contribution is -2.36. The summed E-state index contributed by atoms with van der Waals surface area (Å²) in [6.07, 6.45) is 1.27. The zero-order valence-electron chi connectivity index (χ0n) is 9.57. The molecule has 4 nitrogen and oxygen atoms in total. The molecule has 0 aliphatic carbocycles. The Morgan fingerprint density at radius 2 is 2.00 bits per heavy atom. The average molecular weight is 268 g/mol. The maximum atomic E-state index is 14.4. The van der Waals surface area contributed by atoms with Crippen LogP contribution < -0.4 is 4.90 Å². The molecule has 0 saturated carbocycles. The number of anilines is 1. The highest BCUT2D eigenvalue weighted by atomic mass is 35.5. The first kappa shape index (κ1) is 11.6. The summed E-state index contributed by atoms with van der Waals surface area (Å²) in [5.41, 5.74) is 0.805. The van der Waals surface area contributed by atoms with Crippen molar-refractivity contribution in [3.8, 4) is 0 Å². The number of rotatable bonds is 1. The van der Waals surface area contributed by atoms with E-state index >= 15 is 0 Å². The zero-order chi connectivity index (χ0) is 12.5. The van der Waals surface area contributed by atoms with Gasteiger partial charge in [0.25, 0.3) is 0 Å². The van der Waals surface area contributed by atoms with Crippen LogP contribution in [-0.4, -0.2) is 36.3 Å². The second-order valence-corrected chi connectivity index (χ2v) is 4.42. The number of nitrogens with zero attached hydrogens (tertiary/aromatic N) is 3. The van der Waals surface area contributed by atoms with Crippen molar-refractivity contribution in [3.05, 3.63) is 29.4 Å². The number of benzene rings is 1. The fourth-order valence-corrected chi connectivity index (χ4v) is 2.30. The van der Waals surface area contributed by atoms with Crippen molar-refractivity contribution in [2.45, 2.75) is 0 Å². The summed E-state index contributed by atoms with van der Waals surface area (Å²) in [5.74, 6) is -0.348.